The van der Waals surface area contributed by atoms with Gasteiger partial charge in [-0.15, -0.1) is 0 Å². The third kappa shape index (κ3) is 3.97. The second kappa shape index (κ2) is 6.99. The van der Waals surface area contributed by atoms with E-state index in [1.165, 1.54) is 12.1 Å². The van der Waals surface area contributed by atoms with Gasteiger partial charge in [-0.25, -0.2) is 4.39 Å². The average molecular weight is 386 g/mol. The van der Waals surface area contributed by atoms with E-state index >= 15 is 0 Å². The summed E-state index contributed by atoms with van der Waals surface area (Å²) in [5.41, 5.74) is 1.86. The Balaban J connectivity index is 1.31. The van der Waals surface area contributed by atoms with Crippen LogP contribution in [0.25, 0.3) is 11.3 Å². The van der Waals surface area contributed by atoms with Crippen LogP contribution < -0.4 is 0 Å². The molecule has 2 bridgehead atoms. The van der Waals surface area contributed by atoms with Gasteiger partial charge < -0.3 is 14.2 Å². The predicted octanol–water partition coefficient (Wildman–Crippen LogP) is 4.42. The van der Waals surface area contributed by atoms with Crippen molar-refractivity contribution in [3.8, 4) is 11.3 Å². The monoisotopic (exact) mass is 386 g/mol. The molecule has 1 aliphatic heterocycles. The zero-order chi connectivity index (χ0) is 19.9. The zero-order valence-corrected chi connectivity index (χ0v) is 16.7. The van der Waals surface area contributed by atoms with Crippen molar-refractivity contribution < 1.29 is 18.4 Å². The summed E-state index contributed by atoms with van der Waals surface area (Å²) in [6, 6.07) is 8.10. The van der Waals surface area contributed by atoms with Gasteiger partial charge in [0, 0.05) is 24.2 Å². The summed E-state index contributed by atoms with van der Waals surface area (Å²) in [5.74, 6) is 0.302. The number of amides is 1. The van der Waals surface area contributed by atoms with Crippen LogP contribution in [-0.2, 0) is 16.1 Å². The number of benzene rings is 1. The lowest BCUT2D eigenvalue weighted by Gasteiger charge is -2.39. The molecule has 150 valence electrons. The molecule has 0 unspecified atom stereocenters. The molecule has 0 radical (unpaired) electrons. The molecule has 6 heteroatoms. The van der Waals surface area contributed by atoms with E-state index in [2.05, 4.69) is 25.9 Å². The van der Waals surface area contributed by atoms with Gasteiger partial charge in [-0.1, -0.05) is 25.9 Å². The third-order valence-electron chi connectivity index (χ3n) is 5.90. The normalized spacial score (nSPS) is 25.9. The predicted molar refractivity (Wildman–Crippen MR) is 103 cm³/mol. The smallest absolute Gasteiger partial charge is 0.248 e. The first-order valence-electron chi connectivity index (χ1n) is 9.82. The van der Waals surface area contributed by atoms with Gasteiger partial charge in [0.1, 0.15) is 18.1 Å². The minimum Gasteiger partial charge on any atom is -0.365 e. The molecule has 2 heterocycles. The van der Waals surface area contributed by atoms with Crippen molar-refractivity contribution in [3.05, 3.63) is 41.8 Å². The lowest BCUT2D eigenvalue weighted by Crippen LogP contribution is -2.39. The van der Waals surface area contributed by atoms with E-state index < -0.39 is 0 Å². The molecule has 1 saturated heterocycles. The fourth-order valence-electron chi connectivity index (χ4n) is 5.21. The van der Waals surface area contributed by atoms with Crippen LogP contribution in [0.3, 0.4) is 0 Å². The molecule has 2 fully saturated rings. The lowest BCUT2D eigenvalue weighted by molar-refractivity contribution is -0.137. The van der Waals surface area contributed by atoms with E-state index in [1.807, 2.05) is 4.90 Å². The van der Waals surface area contributed by atoms with E-state index in [-0.39, 0.29) is 35.8 Å². The molecule has 1 aliphatic carbocycles. The highest BCUT2D eigenvalue weighted by Crippen LogP contribution is 2.52. The number of halogens is 1. The number of aromatic nitrogens is 1. The van der Waals surface area contributed by atoms with Gasteiger partial charge in [-0.05, 0) is 54.4 Å². The minimum atomic E-state index is -0.297. The van der Waals surface area contributed by atoms with Crippen molar-refractivity contribution in [1.29, 1.82) is 0 Å². The van der Waals surface area contributed by atoms with Gasteiger partial charge in [-0.2, -0.15) is 0 Å². The first kappa shape index (κ1) is 19.1. The van der Waals surface area contributed by atoms with Gasteiger partial charge >= 0.3 is 0 Å². The molecule has 0 N–H and O–H groups in total. The zero-order valence-electron chi connectivity index (χ0n) is 16.7. The maximum absolute atomic E-state index is 13.0. The largest absolute Gasteiger partial charge is 0.365 e. The highest BCUT2D eigenvalue weighted by molar-refractivity contribution is 5.78. The van der Waals surface area contributed by atoms with Gasteiger partial charge in [0.15, 0.2) is 5.76 Å². The van der Waals surface area contributed by atoms with Crippen LogP contribution in [0.2, 0.25) is 0 Å². The van der Waals surface area contributed by atoms with Crippen LogP contribution in [0.4, 0.5) is 4.39 Å². The van der Waals surface area contributed by atoms with Crippen LogP contribution in [0, 0.1) is 16.6 Å². The molecular weight excluding hydrogens is 359 g/mol. The SMILES string of the molecule is CC1(C)C[C@@H]2C[C@@](C)(CN2C(=O)COCc2cc(-c3ccc(F)cc3)on2)C1. The summed E-state index contributed by atoms with van der Waals surface area (Å²) < 4.78 is 23.9. The van der Waals surface area contributed by atoms with Crippen molar-refractivity contribution in [2.24, 2.45) is 10.8 Å². The number of carbonyl (C=O) groups excluding carboxylic acids is 1. The highest BCUT2D eigenvalue weighted by Gasteiger charge is 2.50. The average Bonchev–Trinajstić information content (AvgIpc) is 3.16. The number of carbonyl (C=O) groups is 1. The van der Waals surface area contributed by atoms with Crippen LogP contribution in [0.5, 0.6) is 0 Å². The summed E-state index contributed by atoms with van der Waals surface area (Å²) in [5, 5.41) is 3.97. The van der Waals surface area contributed by atoms with E-state index in [0.29, 0.717) is 17.5 Å². The van der Waals surface area contributed by atoms with Crippen molar-refractivity contribution in [1.82, 2.24) is 10.1 Å². The van der Waals surface area contributed by atoms with E-state index in [4.69, 9.17) is 9.26 Å². The molecule has 1 aromatic heterocycles. The quantitative estimate of drug-likeness (QED) is 0.763. The summed E-state index contributed by atoms with van der Waals surface area (Å²) in [4.78, 5) is 14.7. The Morgan fingerprint density at radius 1 is 1.29 bits per heavy atom. The number of rotatable bonds is 5. The van der Waals surface area contributed by atoms with Crippen molar-refractivity contribution in [2.75, 3.05) is 13.2 Å². The van der Waals surface area contributed by atoms with Crippen molar-refractivity contribution in [3.63, 3.8) is 0 Å². The maximum Gasteiger partial charge on any atom is 0.248 e. The molecule has 5 nitrogen and oxygen atoms in total. The molecule has 1 amide bonds. The molecule has 0 spiro atoms. The Morgan fingerprint density at radius 2 is 2.04 bits per heavy atom. The van der Waals surface area contributed by atoms with Gasteiger partial charge in [0.2, 0.25) is 5.91 Å². The van der Waals surface area contributed by atoms with Crippen LogP contribution in [0.1, 0.15) is 45.7 Å². The Hall–Kier alpha value is -2.21. The molecule has 2 atom stereocenters. The minimum absolute atomic E-state index is 0.0474. The van der Waals surface area contributed by atoms with Gasteiger partial charge in [0.25, 0.3) is 0 Å². The van der Waals surface area contributed by atoms with E-state index in [1.54, 1.807) is 18.2 Å². The summed E-state index contributed by atoms with van der Waals surface area (Å²) >= 11 is 0. The summed E-state index contributed by atoms with van der Waals surface area (Å²) in [7, 11) is 0. The molecular formula is C22H27FN2O3. The Labute approximate surface area is 164 Å². The molecule has 1 aromatic carbocycles. The maximum atomic E-state index is 13.0. The number of ether oxygens (including phenoxy) is 1. The summed E-state index contributed by atoms with van der Waals surface area (Å²) in [6.45, 7) is 7.96. The first-order chi connectivity index (χ1) is 13.2. The van der Waals surface area contributed by atoms with E-state index in [9.17, 15) is 9.18 Å². The van der Waals surface area contributed by atoms with Crippen LogP contribution >= 0.6 is 0 Å². The standard InChI is InChI=1S/C22H27FN2O3/c1-21(2)9-18-10-22(3,13-21)14-25(18)20(26)12-27-11-17-8-19(28-24-17)15-4-6-16(23)7-5-15/h4-8,18H,9-14H2,1-3H3/t18-,22-/m1/s1. The highest BCUT2D eigenvalue weighted by atomic mass is 19.1. The second-order valence-electron chi connectivity index (χ2n) is 9.42. The van der Waals surface area contributed by atoms with Gasteiger partial charge in [-0.3, -0.25) is 4.79 Å². The Kier molecular flexibility index (Phi) is 4.78. The van der Waals surface area contributed by atoms with Crippen molar-refractivity contribution in [2.45, 2.75) is 52.7 Å². The lowest BCUT2D eigenvalue weighted by atomic mass is 9.65. The van der Waals surface area contributed by atoms with Crippen molar-refractivity contribution >= 4 is 5.91 Å². The number of nitrogens with zero attached hydrogens (tertiary/aromatic N) is 2. The molecule has 4 rings (SSSR count). The molecule has 2 aromatic rings. The number of fused-ring (bicyclic) bond motifs is 2. The molecule has 2 aliphatic rings. The first-order valence-corrected chi connectivity index (χ1v) is 9.82. The fourth-order valence-corrected chi connectivity index (χ4v) is 5.21. The fraction of sp³-hybridized carbons (Fsp3) is 0.545. The number of hydrogen-bond donors (Lipinski definition) is 0. The topological polar surface area (TPSA) is 55.6 Å². The molecule has 28 heavy (non-hydrogen) atoms. The Morgan fingerprint density at radius 3 is 2.79 bits per heavy atom. The number of hydrogen-bond acceptors (Lipinski definition) is 4. The van der Waals surface area contributed by atoms with Crippen LogP contribution in [0.15, 0.2) is 34.9 Å². The number of likely N-dealkylation sites (tertiary alicyclic amines) is 1. The van der Waals surface area contributed by atoms with E-state index in [0.717, 1.165) is 31.4 Å². The Bertz CT molecular complexity index is 861. The third-order valence-corrected chi connectivity index (χ3v) is 5.90. The van der Waals surface area contributed by atoms with Crippen LogP contribution in [-0.4, -0.2) is 35.2 Å². The van der Waals surface area contributed by atoms with Gasteiger partial charge in [0.05, 0.1) is 6.61 Å². The summed E-state index contributed by atoms with van der Waals surface area (Å²) in [6.07, 6.45) is 3.30. The molecule has 1 saturated carbocycles. The second-order valence-corrected chi connectivity index (χ2v) is 9.42.